The first-order valence-electron chi connectivity index (χ1n) is 11.9. The third kappa shape index (κ3) is 2.82. The largest absolute Gasteiger partial charge is 0.508 e. The van der Waals surface area contributed by atoms with Crippen LogP contribution in [-0.2, 0) is 23.7 Å². The molecule has 0 N–H and O–H groups in total. The smallest absolute Gasteiger partial charge is 0.434 e. The fourth-order valence-electron chi connectivity index (χ4n) is 7.90. The van der Waals surface area contributed by atoms with Crippen LogP contribution in [0.3, 0.4) is 0 Å². The molecular weight excluding hydrogens is 384 g/mol. The molecule has 0 aromatic rings. The van der Waals surface area contributed by atoms with E-state index in [1.165, 1.54) is 6.42 Å². The molecule has 2 aliphatic carbocycles. The fraction of sp³-hybridized carbons (Fsp3) is 0.958. The highest BCUT2D eigenvalue weighted by atomic mass is 16.7. The highest BCUT2D eigenvalue weighted by molar-refractivity contribution is 5.60. The lowest BCUT2D eigenvalue weighted by molar-refractivity contribution is -0.359. The van der Waals surface area contributed by atoms with Crippen LogP contribution in [0.4, 0.5) is 4.79 Å². The average Bonchev–Trinajstić information content (AvgIpc) is 2.97. The highest BCUT2D eigenvalue weighted by Crippen LogP contribution is 2.69. The molecule has 0 bridgehead atoms. The normalized spacial score (nSPS) is 52.8. The molecule has 6 nitrogen and oxygen atoms in total. The van der Waals surface area contributed by atoms with Crippen molar-refractivity contribution in [1.29, 1.82) is 0 Å². The van der Waals surface area contributed by atoms with Crippen LogP contribution >= 0.6 is 0 Å². The van der Waals surface area contributed by atoms with Crippen LogP contribution in [0.15, 0.2) is 0 Å². The van der Waals surface area contributed by atoms with Gasteiger partial charge in [-0.3, -0.25) is 0 Å². The van der Waals surface area contributed by atoms with Gasteiger partial charge in [0.2, 0.25) is 0 Å². The molecule has 3 heterocycles. The van der Waals surface area contributed by atoms with Crippen molar-refractivity contribution in [3.63, 3.8) is 0 Å². The molecule has 30 heavy (non-hydrogen) atoms. The van der Waals surface area contributed by atoms with Gasteiger partial charge < -0.3 is 23.7 Å². The summed E-state index contributed by atoms with van der Waals surface area (Å²) >= 11 is 0. The summed E-state index contributed by atoms with van der Waals surface area (Å²) in [6.45, 7) is 12.7. The zero-order valence-corrected chi connectivity index (χ0v) is 19.3. The number of carbonyl (C=O) groups is 1. The molecule has 3 aliphatic heterocycles. The lowest BCUT2D eigenvalue weighted by atomic mass is 9.43. The Morgan fingerprint density at radius 1 is 0.900 bits per heavy atom. The van der Waals surface area contributed by atoms with E-state index in [9.17, 15) is 4.79 Å². The van der Waals surface area contributed by atoms with Crippen molar-refractivity contribution in [2.45, 2.75) is 103 Å². The Kier molecular flexibility index (Phi) is 4.61. The van der Waals surface area contributed by atoms with Crippen LogP contribution < -0.4 is 0 Å². The second-order valence-electron chi connectivity index (χ2n) is 11.6. The van der Waals surface area contributed by atoms with Gasteiger partial charge in [-0.05, 0) is 64.2 Å². The maximum Gasteiger partial charge on any atom is 0.508 e. The first kappa shape index (κ1) is 21.0. The standard InChI is InChI=1S/C24H38O6/c1-16-6-7-17-21(4)14-28-20(2,3)29-18(21)8-9-22(17,5)24(16)11-10-23(30-24)12-13-26-19(25)27-15-23/h16-18H,6-15H2,1-5H3/t16-,17+,18+,21+,22+,23+,24+/m1/s1. The van der Waals surface area contributed by atoms with E-state index in [4.69, 9.17) is 23.7 Å². The molecule has 2 saturated carbocycles. The summed E-state index contributed by atoms with van der Waals surface area (Å²) in [5.74, 6) is 0.450. The van der Waals surface area contributed by atoms with Crippen LogP contribution in [0.2, 0.25) is 0 Å². The van der Waals surface area contributed by atoms with Gasteiger partial charge in [0.05, 0.1) is 24.9 Å². The van der Waals surface area contributed by atoms with Crippen molar-refractivity contribution in [2.75, 3.05) is 19.8 Å². The minimum Gasteiger partial charge on any atom is -0.434 e. The molecule has 0 unspecified atom stereocenters. The number of rotatable bonds is 0. The molecule has 0 amide bonds. The molecule has 0 radical (unpaired) electrons. The van der Waals surface area contributed by atoms with Crippen LogP contribution in [-0.4, -0.2) is 49.1 Å². The van der Waals surface area contributed by atoms with Crippen molar-refractivity contribution in [1.82, 2.24) is 0 Å². The number of hydrogen-bond donors (Lipinski definition) is 0. The molecule has 3 saturated heterocycles. The zero-order chi connectivity index (χ0) is 21.4. The predicted octanol–water partition coefficient (Wildman–Crippen LogP) is 4.84. The highest BCUT2D eigenvalue weighted by Gasteiger charge is 2.70. The van der Waals surface area contributed by atoms with Gasteiger partial charge in [-0.25, -0.2) is 4.79 Å². The number of cyclic esters (lactones) is 2. The van der Waals surface area contributed by atoms with Gasteiger partial charge in [-0.1, -0.05) is 20.8 Å². The molecule has 5 rings (SSSR count). The van der Waals surface area contributed by atoms with Gasteiger partial charge in [-0.15, -0.1) is 0 Å². The summed E-state index contributed by atoms with van der Waals surface area (Å²) in [4.78, 5) is 11.7. The van der Waals surface area contributed by atoms with Gasteiger partial charge in [-0.2, -0.15) is 0 Å². The van der Waals surface area contributed by atoms with E-state index in [0.29, 0.717) is 31.5 Å². The van der Waals surface area contributed by atoms with Crippen molar-refractivity contribution < 1.29 is 28.5 Å². The topological polar surface area (TPSA) is 63.2 Å². The molecule has 5 aliphatic rings. The maximum atomic E-state index is 11.7. The molecule has 7 atom stereocenters. The summed E-state index contributed by atoms with van der Waals surface area (Å²) in [5, 5.41) is 0. The van der Waals surface area contributed by atoms with Crippen LogP contribution in [0.25, 0.3) is 0 Å². The number of ether oxygens (including phenoxy) is 5. The number of hydrogen-bond acceptors (Lipinski definition) is 6. The van der Waals surface area contributed by atoms with E-state index in [2.05, 4.69) is 20.8 Å². The van der Waals surface area contributed by atoms with Gasteiger partial charge in [0, 0.05) is 17.3 Å². The Labute approximate surface area is 180 Å². The van der Waals surface area contributed by atoms with E-state index in [0.717, 1.165) is 38.7 Å². The maximum absolute atomic E-state index is 11.7. The first-order chi connectivity index (χ1) is 14.0. The summed E-state index contributed by atoms with van der Waals surface area (Å²) in [6, 6.07) is 0. The van der Waals surface area contributed by atoms with E-state index < -0.39 is 17.5 Å². The van der Waals surface area contributed by atoms with Crippen molar-refractivity contribution in [2.24, 2.45) is 22.7 Å². The Bertz CT molecular complexity index is 722. The molecule has 2 spiro atoms. The lowest BCUT2D eigenvalue weighted by Crippen LogP contribution is -2.69. The van der Waals surface area contributed by atoms with Crippen LogP contribution in [0, 0.1) is 22.7 Å². The third-order valence-electron chi connectivity index (χ3n) is 9.62. The minimum atomic E-state index is -0.565. The van der Waals surface area contributed by atoms with E-state index in [1.54, 1.807) is 0 Å². The Balaban J connectivity index is 1.48. The van der Waals surface area contributed by atoms with Gasteiger partial charge >= 0.3 is 6.16 Å². The van der Waals surface area contributed by atoms with E-state index in [1.807, 2.05) is 13.8 Å². The van der Waals surface area contributed by atoms with Gasteiger partial charge in [0.25, 0.3) is 0 Å². The van der Waals surface area contributed by atoms with Gasteiger partial charge in [0.1, 0.15) is 12.2 Å². The molecule has 0 aromatic carbocycles. The first-order valence-corrected chi connectivity index (χ1v) is 11.9. The fourth-order valence-corrected chi connectivity index (χ4v) is 7.90. The quantitative estimate of drug-likeness (QED) is 0.521. The minimum absolute atomic E-state index is 0.00615. The summed E-state index contributed by atoms with van der Waals surface area (Å²) in [6.07, 6.45) is 6.81. The number of carbonyl (C=O) groups excluding carboxylic acids is 1. The van der Waals surface area contributed by atoms with Crippen molar-refractivity contribution in [3.05, 3.63) is 0 Å². The van der Waals surface area contributed by atoms with E-state index >= 15 is 0 Å². The molecular formula is C24H38O6. The lowest BCUT2D eigenvalue weighted by Gasteiger charge is -2.67. The van der Waals surface area contributed by atoms with Crippen molar-refractivity contribution >= 4 is 6.16 Å². The summed E-state index contributed by atoms with van der Waals surface area (Å²) < 4.78 is 30.4. The SMILES string of the molecule is C[C@@H]1CC[C@H]2[C@]3(C)COC(C)(C)O[C@H]3CC[C@]2(C)[C@]12CC[C@@]1(CCOC(=O)OC1)O2. The monoisotopic (exact) mass is 422 g/mol. The predicted molar refractivity (Wildman–Crippen MR) is 110 cm³/mol. The molecule has 170 valence electrons. The number of fused-ring (bicyclic) bond motifs is 4. The van der Waals surface area contributed by atoms with E-state index in [-0.39, 0.29) is 22.5 Å². The van der Waals surface area contributed by atoms with Crippen LogP contribution in [0.1, 0.15) is 79.6 Å². The second kappa shape index (κ2) is 6.58. The summed E-state index contributed by atoms with van der Waals surface area (Å²) in [5.41, 5.74) is -0.573. The average molecular weight is 423 g/mol. The zero-order valence-electron chi connectivity index (χ0n) is 19.3. The van der Waals surface area contributed by atoms with Crippen molar-refractivity contribution in [3.8, 4) is 0 Å². The van der Waals surface area contributed by atoms with Gasteiger partial charge in [0.15, 0.2) is 5.79 Å². The Morgan fingerprint density at radius 2 is 1.70 bits per heavy atom. The Morgan fingerprint density at radius 3 is 2.50 bits per heavy atom. The molecule has 0 aromatic heterocycles. The van der Waals surface area contributed by atoms with Crippen LogP contribution in [0.5, 0.6) is 0 Å². The Hall–Kier alpha value is -0.850. The molecule has 6 heteroatoms. The summed E-state index contributed by atoms with van der Waals surface area (Å²) in [7, 11) is 0. The molecule has 5 fully saturated rings. The third-order valence-corrected chi connectivity index (χ3v) is 9.62. The second-order valence-corrected chi connectivity index (χ2v) is 11.6.